The largest absolute Gasteiger partial charge is 0.756 e. The molecule has 1 aromatic heterocycles. The molecule has 1 aromatic rings. The Morgan fingerprint density at radius 1 is 0.867 bits per heavy atom. The predicted octanol–water partition coefficient (Wildman–Crippen LogP) is -0.435. The molecule has 0 atom stereocenters. The van der Waals surface area contributed by atoms with Crippen LogP contribution in [0.3, 0.4) is 0 Å². The van der Waals surface area contributed by atoms with Gasteiger partial charge in [0.1, 0.15) is 0 Å². The second-order valence-corrected chi connectivity index (χ2v) is 2.75. The molecule has 0 saturated carbocycles. The van der Waals surface area contributed by atoms with Crippen LogP contribution in [0.2, 0.25) is 0 Å². The Hall–Kier alpha value is -1.71. The first-order chi connectivity index (χ1) is 6.91. The molecule has 0 aliphatic rings. The van der Waals surface area contributed by atoms with Gasteiger partial charge in [0.15, 0.2) is 0 Å². The predicted molar refractivity (Wildman–Crippen MR) is 53.6 cm³/mol. The van der Waals surface area contributed by atoms with Crippen molar-refractivity contribution in [1.82, 2.24) is 15.0 Å². The Morgan fingerprint density at radius 2 is 1.20 bits per heavy atom. The maximum absolute atomic E-state index is 10.9. The zero-order valence-corrected chi connectivity index (χ0v) is 8.45. The SMILES string of the molecule is CN([O-])c1nc(N(C)[O-])nc(N(C)O)n1. The first kappa shape index (κ1) is 11.4. The molecule has 0 spiro atoms. The van der Waals surface area contributed by atoms with E-state index in [0.29, 0.717) is 15.2 Å². The Kier molecular flexibility index (Phi) is 3.19. The number of nitrogens with zero attached hydrogens (tertiary/aromatic N) is 6. The Morgan fingerprint density at radius 3 is 1.47 bits per heavy atom. The van der Waals surface area contributed by atoms with Crippen molar-refractivity contribution in [2.24, 2.45) is 0 Å². The van der Waals surface area contributed by atoms with Crippen LogP contribution in [0.1, 0.15) is 0 Å². The van der Waals surface area contributed by atoms with Crippen molar-refractivity contribution in [3.63, 3.8) is 0 Å². The molecule has 1 heterocycles. The lowest BCUT2D eigenvalue weighted by Crippen LogP contribution is -2.21. The smallest absolute Gasteiger partial charge is 0.255 e. The number of aromatic nitrogens is 3. The fourth-order valence-electron chi connectivity index (χ4n) is 0.770. The van der Waals surface area contributed by atoms with E-state index in [9.17, 15) is 10.4 Å². The van der Waals surface area contributed by atoms with Crippen molar-refractivity contribution in [2.75, 3.05) is 36.3 Å². The van der Waals surface area contributed by atoms with Crippen molar-refractivity contribution < 1.29 is 5.21 Å². The maximum atomic E-state index is 10.9. The van der Waals surface area contributed by atoms with E-state index in [4.69, 9.17) is 5.21 Å². The van der Waals surface area contributed by atoms with Gasteiger partial charge in [-0.15, -0.1) is 0 Å². The van der Waals surface area contributed by atoms with Gasteiger partial charge in [-0.1, -0.05) is 0 Å². The Bertz CT molecular complexity index is 277. The molecule has 0 amide bonds. The average Bonchev–Trinajstić information content (AvgIpc) is 2.16. The van der Waals surface area contributed by atoms with E-state index in [1.165, 1.54) is 21.1 Å². The fourth-order valence-corrected chi connectivity index (χ4v) is 0.770. The summed E-state index contributed by atoms with van der Waals surface area (Å²) in [4.78, 5) is 10.8. The third kappa shape index (κ3) is 2.62. The third-order valence-corrected chi connectivity index (χ3v) is 1.45. The number of anilines is 3. The normalized spacial score (nSPS) is 10.0. The second-order valence-electron chi connectivity index (χ2n) is 2.75. The molecule has 9 heteroatoms. The number of hydroxylamine groups is 3. The van der Waals surface area contributed by atoms with E-state index in [0.717, 1.165) is 0 Å². The van der Waals surface area contributed by atoms with Gasteiger partial charge in [-0.3, -0.25) is 5.21 Å². The lowest BCUT2D eigenvalue weighted by Gasteiger charge is -2.27. The van der Waals surface area contributed by atoms with Crippen LogP contribution in [-0.4, -0.2) is 41.3 Å². The summed E-state index contributed by atoms with van der Waals surface area (Å²) in [5, 5.41) is 32.3. The van der Waals surface area contributed by atoms with Gasteiger partial charge in [0, 0.05) is 7.05 Å². The van der Waals surface area contributed by atoms with Gasteiger partial charge in [0.2, 0.25) is 11.9 Å². The van der Waals surface area contributed by atoms with Gasteiger partial charge < -0.3 is 20.5 Å². The van der Waals surface area contributed by atoms with E-state index in [1.54, 1.807) is 0 Å². The van der Waals surface area contributed by atoms with Crippen molar-refractivity contribution in [1.29, 1.82) is 0 Å². The highest BCUT2D eigenvalue weighted by molar-refractivity contribution is 5.44. The van der Waals surface area contributed by atoms with Crippen molar-refractivity contribution in [3.8, 4) is 0 Å². The monoisotopic (exact) mass is 214 g/mol. The summed E-state index contributed by atoms with van der Waals surface area (Å²) in [6.07, 6.45) is 0. The van der Waals surface area contributed by atoms with E-state index in [2.05, 4.69) is 15.0 Å². The molecule has 0 fully saturated rings. The van der Waals surface area contributed by atoms with Crippen LogP contribution in [-0.2, 0) is 0 Å². The fraction of sp³-hybridized carbons (Fsp3) is 0.500. The van der Waals surface area contributed by atoms with Crippen molar-refractivity contribution >= 4 is 17.8 Å². The first-order valence-corrected chi connectivity index (χ1v) is 3.92. The van der Waals surface area contributed by atoms with Crippen LogP contribution in [0.15, 0.2) is 0 Å². The molecule has 84 valence electrons. The van der Waals surface area contributed by atoms with E-state index >= 15 is 0 Å². The first-order valence-electron chi connectivity index (χ1n) is 3.92. The molecule has 1 N–H and O–H groups in total. The summed E-state index contributed by atoms with van der Waals surface area (Å²) in [6, 6.07) is 0. The molecule has 15 heavy (non-hydrogen) atoms. The zero-order chi connectivity index (χ0) is 11.6. The maximum Gasteiger partial charge on any atom is 0.255 e. The summed E-state index contributed by atoms with van der Waals surface area (Å²) >= 11 is 0. The minimum absolute atomic E-state index is 0.180. The Labute approximate surface area is 85.7 Å². The van der Waals surface area contributed by atoms with Crippen molar-refractivity contribution in [2.45, 2.75) is 0 Å². The minimum Gasteiger partial charge on any atom is -0.756 e. The van der Waals surface area contributed by atoms with Gasteiger partial charge in [0.25, 0.3) is 5.95 Å². The summed E-state index contributed by atoms with van der Waals surface area (Å²) in [7, 11) is 3.61. The van der Waals surface area contributed by atoms with Crippen LogP contribution in [0.5, 0.6) is 0 Å². The molecule has 0 aliphatic heterocycles. The topological polar surface area (TPSA) is 115 Å². The standard InChI is InChI=1S/C6H10N6O3/c1-10(13)4-7-5(11(2)14)9-6(8-4)12(3)15/h13H,1-3H3/q-2. The molecule has 1 rings (SSSR count). The van der Waals surface area contributed by atoms with Crippen LogP contribution in [0, 0.1) is 10.4 Å². The third-order valence-electron chi connectivity index (χ3n) is 1.45. The summed E-state index contributed by atoms with van der Waals surface area (Å²) in [6.45, 7) is 0. The molecule has 0 aliphatic carbocycles. The van der Waals surface area contributed by atoms with Crippen LogP contribution < -0.4 is 15.2 Å². The number of rotatable bonds is 3. The van der Waals surface area contributed by atoms with Crippen LogP contribution >= 0.6 is 0 Å². The molecule has 0 radical (unpaired) electrons. The highest BCUT2D eigenvalue weighted by Gasteiger charge is 2.08. The summed E-state index contributed by atoms with van der Waals surface area (Å²) < 4.78 is 0. The highest BCUT2D eigenvalue weighted by Crippen LogP contribution is 2.14. The lowest BCUT2D eigenvalue weighted by molar-refractivity contribution is 0.272. The van der Waals surface area contributed by atoms with Gasteiger partial charge >= 0.3 is 0 Å². The molecule has 0 saturated heterocycles. The highest BCUT2D eigenvalue weighted by atomic mass is 16.5. The van der Waals surface area contributed by atoms with Gasteiger partial charge in [-0.05, 0) is 14.1 Å². The van der Waals surface area contributed by atoms with E-state index in [-0.39, 0.29) is 17.8 Å². The number of hydrogen-bond donors (Lipinski definition) is 1. The summed E-state index contributed by atoms with van der Waals surface area (Å²) in [5.41, 5.74) is 0. The van der Waals surface area contributed by atoms with Gasteiger partial charge in [-0.25, -0.2) is 5.06 Å². The molecule has 0 bridgehead atoms. The average molecular weight is 214 g/mol. The lowest BCUT2D eigenvalue weighted by atomic mass is 10.8. The summed E-state index contributed by atoms with van der Waals surface area (Å²) in [5.74, 6) is -0.683. The second kappa shape index (κ2) is 4.21. The van der Waals surface area contributed by atoms with E-state index < -0.39 is 0 Å². The number of hydrogen-bond acceptors (Lipinski definition) is 9. The molecule has 9 nitrogen and oxygen atoms in total. The van der Waals surface area contributed by atoms with Gasteiger partial charge in [0.05, 0.1) is 0 Å². The minimum atomic E-state index is -0.251. The van der Waals surface area contributed by atoms with Gasteiger partial charge in [-0.2, -0.15) is 15.0 Å². The van der Waals surface area contributed by atoms with Crippen LogP contribution in [0.4, 0.5) is 17.8 Å². The quantitative estimate of drug-likeness (QED) is 0.668. The zero-order valence-electron chi connectivity index (χ0n) is 8.45. The molecular formula is C6H10N6O3-2. The van der Waals surface area contributed by atoms with Crippen molar-refractivity contribution in [3.05, 3.63) is 10.4 Å². The molecule has 0 unspecified atom stereocenters. The van der Waals surface area contributed by atoms with E-state index in [1.807, 2.05) is 0 Å². The molecular weight excluding hydrogens is 204 g/mol. The Balaban J connectivity index is 3.20. The van der Waals surface area contributed by atoms with Crippen LogP contribution in [0.25, 0.3) is 0 Å². The molecule has 0 aromatic carbocycles.